The summed E-state index contributed by atoms with van der Waals surface area (Å²) in [6.07, 6.45) is 5.74. The molecule has 0 saturated heterocycles. The molecule has 1 aromatic heterocycles. The summed E-state index contributed by atoms with van der Waals surface area (Å²) >= 11 is 0. The van der Waals surface area contributed by atoms with E-state index in [1.807, 2.05) is 0 Å². The van der Waals surface area contributed by atoms with Crippen LogP contribution in [0.25, 0.3) is 0 Å². The monoisotopic (exact) mass is 251 g/mol. The van der Waals surface area contributed by atoms with Gasteiger partial charge in [0.25, 0.3) is 0 Å². The second-order valence-corrected chi connectivity index (χ2v) is 5.80. The molecule has 1 heterocycles. The molecule has 0 radical (unpaired) electrons. The maximum Gasteiger partial charge on any atom is 0.0762 e. The Labute approximate surface area is 112 Å². The van der Waals surface area contributed by atoms with Gasteiger partial charge in [0, 0.05) is 24.8 Å². The smallest absolute Gasteiger partial charge is 0.0762 e. The molecule has 1 aromatic rings. The van der Waals surface area contributed by atoms with Crippen LogP contribution in [0.15, 0.2) is 12.3 Å². The van der Waals surface area contributed by atoms with Gasteiger partial charge in [-0.05, 0) is 45.1 Å². The van der Waals surface area contributed by atoms with Crippen LogP contribution < -0.4 is 5.32 Å². The van der Waals surface area contributed by atoms with Crippen LogP contribution in [0.4, 0.5) is 0 Å². The Balaban J connectivity index is 2.32. The predicted molar refractivity (Wildman–Crippen MR) is 77.6 cm³/mol. The van der Waals surface area contributed by atoms with E-state index in [0.717, 1.165) is 24.6 Å². The molecule has 2 unspecified atom stereocenters. The molecule has 0 amide bonds. The standard InChI is InChI=1S/C15H29N3/c1-6-14(5)18-10-9-15(17-18)11-16-13(4)8-7-12(2)3/h9-10,12-14,16H,6-8,11H2,1-5H3. The fourth-order valence-electron chi connectivity index (χ4n) is 1.87. The summed E-state index contributed by atoms with van der Waals surface area (Å²) in [4.78, 5) is 0. The number of rotatable bonds is 8. The lowest BCUT2D eigenvalue weighted by Gasteiger charge is -2.14. The van der Waals surface area contributed by atoms with E-state index in [1.54, 1.807) is 0 Å². The molecule has 2 atom stereocenters. The highest BCUT2D eigenvalue weighted by Crippen LogP contribution is 2.10. The van der Waals surface area contributed by atoms with Gasteiger partial charge in [-0.25, -0.2) is 0 Å². The maximum atomic E-state index is 4.60. The third-order valence-electron chi connectivity index (χ3n) is 3.51. The number of aromatic nitrogens is 2. The Kier molecular flexibility index (Phi) is 6.41. The average Bonchev–Trinajstić information content (AvgIpc) is 2.81. The van der Waals surface area contributed by atoms with E-state index in [0.29, 0.717) is 12.1 Å². The van der Waals surface area contributed by atoms with Crippen molar-refractivity contribution in [1.29, 1.82) is 0 Å². The third kappa shape index (κ3) is 5.21. The number of nitrogens with one attached hydrogen (secondary N) is 1. The van der Waals surface area contributed by atoms with Crippen LogP contribution in [0.3, 0.4) is 0 Å². The van der Waals surface area contributed by atoms with Crippen molar-refractivity contribution in [1.82, 2.24) is 15.1 Å². The molecular weight excluding hydrogens is 222 g/mol. The molecule has 0 aromatic carbocycles. The van der Waals surface area contributed by atoms with E-state index in [2.05, 4.69) is 62.0 Å². The molecular formula is C15H29N3. The van der Waals surface area contributed by atoms with E-state index in [1.165, 1.54) is 12.8 Å². The van der Waals surface area contributed by atoms with Gasteiger partial charge in [0.15, 0.2) is 0 Å². The van der Waals surface area contributed by atoms with Crippen molar-refractivity contribution >= 4 is 0 Å². The fourth-order valence-corrected chi connectivity index (χ4v) is 1.87. The summed E-state index contributed by atoms with van der Waals surface area (Å²) in [7, 11) is 0. The van der Waals surface area contributed by atoms with Gasteiger partial charge < -0.3 is 5.32 Å². The fraction of sp³-hybridized carbons (Fsp3) is 0.800. The van der Waals surface area contributed by atoms with Crippen LogP contribution in [0, 0.1) is 5.92 Å². The molecule has 3 nitrogen and oxygen atoms in total. The van der Waals surface area contributed by atoms with Crippen LogP contribution in [-0.2, 0) is 6.54 Å². The van der Waals surface area contributed by atoms with Crippen molar-refractivity contribution in [3.05, 3.63) is 18.0 Å². The molecule has 0 aliphatic carbocycles. The van der Waals surface area contributed by atoms with E-state index in [4.69, 9.17) is 0 Å². The molecule has 3 heteroatoms. The van der Waals surface area contributed by atoms with Crippen LogP contribution in [-0.4, -0.2) is 15.8 Å². The molecule has 0 aliphatic heterocycles. The zero-order chi connectivity index (χ0) is 13.5. The Morgan fingerprint density at radius 2 is 1.94 bits per heavy atom. The molecule has 104 valence electrons. The second-order valence-electron chi connectivity index (χ2n) is 5.80. The topological polar surface area (TPSA) is 29.9 Å². The Morgan fingerprint density at radius 1 is 1.22 bits per heavy atom. The van der Waals surface area contributed by atoms with Crippen LogP contribution in [0.2, 0.25) is 0 Å². The lowest BCUT2D eigenvalue weighted by Crippen LogP contribution is -2.26. The summed E-state index contributed by atoms with van der Waals surface area (Å²) in [5.74, 6) is 0.791. The quantitative estimate of drug-likeness (QED) is 0.762. The first kappa shape index (κ1) is 15.2. The van der Waals surface area contributed by atoms with Gasteiger partial charge >= 0.3 is 0 Å². The average molecular weight is 251 g/mol. The highest BCUT2D eigenvalue weighted by Gasteiger charge is 2.07. The number of hydrogen-bond acceptors (Lipinski definition) is 2. The molecule has 0 saturated carbocycles. The van der Waals surface area contributed by atoms with E-state index in [9.17, 15) is 0 Å². The third-order valence-corrected chi connectivity index (χ3v) is 3.51. The number of hydrogen-bond donors (Lipinski definition) is 1. The Hall–Kier alpha value is -0.830. The summed E-state index contributed by atoms with van der Waals surface area (Å²) < 4.78 is 2.07. The minimum Gasteiger partial charge on any atom is -0.309 e. The SMILES string of the molecule is CCC(C)n1ccc(CNC(C)CCC(C)C)n1. The van der Waals surface area contributed by atoms with Crippen LogP contribution >= 0.6 is 0 Å². The lowest BCUT2D eigenvalue weighted by molar-refractivity contribution is 0.440. The maximum absolute atomic E-state index is 4.60. The largest absolute Gasteiger partial charge is 0.309 e. The van der Waals surface area contributed by atoms with Gasteiger partial charge in [-0.15, -0.1) is 0 Å². The Morgan fingerprint density at radius 3 is 2.56 bits per heavy atom. The van der Waals surface area contributed by atoms with Crippen molar-refractivity contribution in [2.24, 2.45) is 5.92 Å². The van der Waals surface area contributed by atoms with E-state index in [-0.39, 0.29) is 0 Å². The normalized spacial score (nSPS) is 15.0. The minimum absolute atomic E-state index is 0.497. The van der Waals surface area contributed by atoms with Gasteiger partial charge in [-0.2, -0.15) is 5.10 Å². The first-order valence-corrected chi connectivity index (χ1v) is 7.30. The molecule has 1 N–H and O–H groups in total. The van der Waals surface area contributed by atoms with Crippen LogP contribution in [0.1, 0.15) is 65.6 Å². The zero-order valence-corrected chi connectivity index (χ0v) is 12.6. The van der Waals surface area contributed by atoms with Crippen molar-refractivity contribution in [3.63, 3.8) is 0 Å². The van der Waals surface area contributed by atoms with Gasteiger partial charge in [-0.3, -0.25) is 4.68 Å². The van der Waals surface area contributed by atoms with Crippen molar-refractivity contribution in [3.8, 4) is 0 Å². The van der Waals surface area contributed by atoms with E-state index < -0.39 is 0 Å². The van der Waals surface area contributed by atoms with Crippen LogP contribution in [0.5, 0.6) is 0 Å². The molecule has 1 rings (SSSR count). The molecule has 0 spiro atoms. The highest BCUT2D eigenvalue weighted by atomic mass is 15.3. The molecule has 0 aliphatic rings. The highest BCUT2D eigenvalue weighted by molar-refractivity contribution is 4.99. The van der Waals surface area contributed by atoms with Crippen molar-refractivity contribution in [2.75, 3.05) is 0 Å². The van der Waals surface area contributed by atoms with Crippen molar-refractivity contribution < 1.29 is 0 Å². The molecule has 0 bridgehead atoms. The van der Waals surface area contributed by atoms with Gasteiger partial charge in [0.1, 0.15) is 0 Å². The van der Waals surface area contributed by atoms with Gasteiger partial charge in [0.05, 0.1) is 5.69 Å². The van der Waals surface area contributed by atoms with E-state index >= 15 is 0 Å². The van der Waals surface area contributed by atoms with Crippen molar-refractivity contribution in [2.45, 2.75) is 72.5 Å². The second kappa shape index (κ2) is 7.57. The van der Waals surface area contributed by atoms with Gasteiger partial charge in [0.2, 0.25) is 0 Å². The summed E-state index contributed by atoms with van der Waals surface area (Å²) in [6, 6.07) is 3.19. The van der Waals surface area contributed by atoms with Gasteiger partial charge in [-0.1, -0.05) is 20.8 Å². The first-order valence-electron chi connectivity index (χ1n) is 7.30. The predicted octanol–water partition coefficient (Wildman–Crippen LogP) is 3.77. The first-order chi connectivity index (χ1) is 8.52. The Bertz CT molecular complexity index is 330. The minimum atomic E-state index is 0.497. The molecule has 0 fully saturated rings. The zero-order valence-electron chi connectivity index (χ0n) is 12.6. The molecule has 18 heavy (non-hydrogen) atoms. The summed E-state index contributed by atoms with van der Waals surface area (Å²) in [6.45, 7) is 12.1. The lowest BCUT2D eigenvalue weighted by atomic mass is 10.0. The number of nitrogens with zero attached hydrogens (tertiary/aromatic N) is 2. The summed E-state index contributed by atoms with van der Waals surface area (Å²) in [5.41, 5.74) is 1.15. The summed E-state index contributed by atoms with van der Waals surface area (Å²) in [5, 5.41) is 8.15.